The summed E-state index contributed by atoms with van der Waals surface area (Å²) in [7, 11) is 0. The number of aliphatic hydroxyl groups excluding tert-OH is 1. The minimum absolute atomic E-state index is 0.104. The van der Waals surface area contributed by atoms with E-state index in [9.17, 15) is 10.1 Å². The zero-order valence-electron chi connectivity index (χ0n) is 6.07. The van der Waals surface area contributed by atoms with E-state index in [1.54, 1.807) is 0 Å². The molecule has 0 spiro atoms. The van der Waals surface area contributed by atoms with Gasteiger partial charge in [0.25, 0.3) is 5.70 Å². The minimum Gasteiger partial charge on any atom is -0.385 e. The molecule has 0 radical (unpaired) electrons. The van der Waals surface area contributed by atoms with E-state index in [-0.39, 0.29) is 11.6 Å². The summed E-state index contributed by atoms with van der Waals surface area (Å²) in [5.41, 5.74) is -0.130. The largest absolute Gasteiger partial charge is 0.385 e. The second kappa shape index (κ2) is 4.00. The van der Waals surface area contributed by atoms with Crippen LogP contribution in [0.2, 0.25) is 0 Å². The first-order valence-electron chi connectivity index (χ1n) is 3.04. The highest BCUT2D eigenvalue weighted by atomic mass is 16.6. The molecule has 0 rings (SSSR count). The Morgan fingerprint density at radius 2 is 2.30 bits per heavy atom. The van der Waals surface area contributed by atoms with E-state index in [1.165, 1.54) is 6.08 Å². The highest BCUT2D eigenvalue weighted by Crippen LogP contribution is 2.01. The Morgan fingerprint density at radius 3 is 2.40 bits per heavy atom. The van der Waals surface area contributed by atoms with Crippen LogP contribution in [0.5, 0.6) is 0 Å². The normalized spacial score (nSPS) is 12.2. The average Bonchev–Trinajstić information content (AvgIpc) is 1.81. The molecule has 0 bridgehead atoms. The first-order chi connectivity index (χ1) is 4.57. The van der Waals surface area contributed by atoms with Crippen molar-refractivity contribution < 1.29 is 10.0 Å². The van der Waals surface area contributed by atoms with Gasteiger partial charge in [-0.1, -0.05) is 13.8 Å². The van der Waals surface area contributed by atoms with Gasteiger partial charge in [-0.15, -0.1) is 0 Å². The van der Waals surface area contributed by atoms with E-state index in [0.29, 0.717) is 0 Å². The Morgan fingerprint density at radius 1 is 1.80 bits per heavy atom. The van der Waals surface area contributed by atoms with Gasteiger partial charge in [-0.25, -0.2) is 0 Å². The highest BCUT2D eigenvalue weighted by Gasteiger charge is 2.07. The summed E-state index contributed by atoms with van der Waals surface area (Å²) >= 11 is 0. The van der Waals surface area contributed by atoms with Gasteiger partial charge in [-0.05, 0) is 12.0 Å². The topological polar surface area (TPSA) is 63.4 Å². The van der Waals surface area contributed by atoms with Gasteiger partial charge in [-0.3, -0.25) is 10.1 Å². The van der Waals surface area contributed by atoms with Crippen LogP contribution >= 0.6 is 0 Å². The number of hydrogen-bond donors (Lipinski definition) is 1. The highest BCUT2D eigenvalue weighted by molar-refractivity contribution is 4.93. The number of aliphatic hydroxyl groups is 1. The van der Waals surface area contributed by atoms with Gasteiger partial charge in [-0.2, -0.15) is 0 Å². The standard InChI is InChI=1S/C6H11NO3/c1-5(2)3-6(4-8)7(9)10/h3,5,8H,4H2,1-2H3/b6-3+. The molecule has 0 unspecified atom stereocenters. The van der Waals surface area contributed by atoms with Crippen molar-refractivity contribution in [1.29, 1.82) is 0 Å². The zero-order chi connectivity index (χ0) is 8.15. The number of nitrogens with zero attached hydrogens (tertiary/aromatic N) is 1. The molecule has 0 aliphatic heterocycles. The summed E-state index contributed by atoms with van der Waals surface area (Å²) in [6.07, 6.45) is 1.43. The summed E-state index contributed by atoms with van der Waals surface area (Å²) in [5.74, 6) is 0.104. The van der Waals surface area contributed by atoms with E-state index in [1.807, 2.05) is 13.8 Å². The number of hydrogen-bond acceptors (Lipinski definition) is 3. The van der Waals surface area contributed by atoms with Crippen LogP contribution < -0.4 is 0 Å². The lowest BCUT2D eigenvalue weighted by molar-refractivity contribution is -0.430. The predicted molar refractivity (Wildman–Crippen MR) is 37.0 cm³/mol. The average molecular weight is 145 g/mol. The first kappa shape index (κ1) is 9.10. The number of allylic oxidation sites excluding steroid dienone is 1. The van der Waals surface area contributed by atoms with Crippen LogP contribution in [0.25, 0.3) is 0 Å². The molecule has 4 nitrogen and oxygen atoms in total. The fraction of sp³-hybridized carbons (Fsp3) is 0.667. The Kier molecular flexibility index (Phi) is 3.64. The van der Waals surface area contributed by atoms with E-state index in [0.717, 1.165) is 0 Å². The molecule has 10 heavy (non-hydrogen) atoms. The molecule has 0 amide bonds. The predicted octanol–water partition coefficient (Wildman–Crippen LogP) is 0.795. The van der Waals surface area contributed by atoms with Gasteiger partial charge in [0.2, 0.25) is 0 Å². The van der Waals surface area contributed by atoms with E-state index in [2.05, 4.69) is 0 Å². The molecule has 0 atom stereocenters. The van der Waals surface area contributed by atoms with Crippen LogP contribution in [0.15, 0.2) is 11.8 Å². The van der Waals surface area contributed by atoms with E-state index in [4.69, 9.17) is 5.11 Å². The van der Waals surface area contributed by atoms with Gasteiger partial charge in [0.05, 0.1) is 4.92 Å². The summed E-state index contributed by atoms with van der Waals surface area (Å²) in [6.45, 7) is 3.14. The van der Waals surface area contributed by atoms with Crippen molar-refractivity contribution >= 4 is 0 Å². The third-order valence-electron chi connectivity index (χ3n) is 0.922. The Labute approximate surface area is 59.3 Å². The molecule has 0 aromatic rings. The van der Waals surface area contributed by atoms with Gasteiger partial charge in [0.1, 0.15) is 6.61 Å². The van der Waals surface area contributed by atoms with Gasteiger partial charge in [0.15, 0.2) is 0 Å². The lowest BCUT2D eigenvalue weighted by atomic mass is 10.2. The molecule has 1 N–H and O–H groups in total. The summed E-state index contributed by atoms with van der Waals surface area (Å²) in [5, 5.41) is 18.5. The maximum absolute atomic E-state index is 10.0. The van der Waals surface area contributed by atoms with Gasteiger partial charge >= 0.3 is 0 Å². The third kappa shape index (κ3) is 3.19. The molecule has 58 valence electrons. The molecular weight excluding hydrogens is 134 g/mol. The van der Waals surface area contributed by atoms with Gasteiger partial charge < -0.3 is 5.11 Å². The van der Waals surface area contributed by atoms with Crippen LogP contribution in [0, 0.1) is 16.0 Å². The zero-order valence-corrected chi connectivity index (χ0v) is 6.07. The summed E-state index contributed by atoms with van der Waals surface area (Å²) in [6, 6.07) is 0. The van der Waals surface area contributed by atoms with Gasteiger partial charge in [0, 0.05) is 0 Å². The van der Waals surface area contributed by atoms with Crippen LogP contribution in [0.1, 0.15) is 13.8 Å². The molecule has 0 fully saturated rings. The van der Waals surface area contributed by atoms with Crippen molar-refractivity contribution in [3.63, 3.8) is 0 Å². The van der Waals surface area contributed by atoms with Crippen LogP contribution in [0.3, 0.4) is 0 Å². The quantitative estimate of drug-likeness (QED) is 0.471. The van der Waals surface area contributed by atoms with Crippen molar-refractivity contribution in [2.45, 2.75) is 13.8 Å². The Hall–Kier alpha value is -0.900. The third-order valence-corrected chi connectivity index (χ3v) is 0.922. The maximum Gasteiger partial charge on any atom is 0.267 e. The van der Waals surface area contributed by atoms with E-state index < -0.39 is 11.5 Å². The second-order valence-corrected chi connectivity index (χ2v) is 2.32. The number of rotatable bonds is 3. The SMILES string of the molecule is CC(C)/C=C(\CO)[N+](=O)[O-]. The van der Waals surface area contributed by atoms with Crippen LogP contribution in [0.4, 0.5) is 0 Å². The lowest BCUT2D eigenvalue weighted by Crippen LogP contribution is -2.04. The Balaban J connectivity index is 4.19. The molecular formula is C6H11NO3. The lowest BCUT2D eigenvalue weighted by Gasteiger charge is -1.95. The smallest absolute Gasteiger partial charge is 0.267 e. The fourth-order valence-electron chi connectivity index (χ4n) is 0.556. The fourth-order valence-corrected chi connectivity index (χ4v) is 0.556. The van der Waals surface area contributed by atoms with E-state index >= 15 is 0 Å². The van der Waals surface area contributed by atoms with Crippen LogP contribution in [-0.2, 0) is 0 Å². The monoisotopic (exact) mass is 145 g/mol. The minimum atomic E-state index is -0.569. The number of nitro groups is 1. The maximum atomic E-state index is 10.0. The molecule has 0 aliphatic carbocycles. The molecule has 4 heteroatoms. The van der Waals surface area contributed by atoms with Crippen molar-refractivity contribution in [2.24, 2.45) is 5.92 Å². The van der Waals surface area contributed by atoms with Crippen LogP contribution in [-0.4, -0.2) is 16.6 Å². The molecule has 0 aromatic carbocycles. The summed E-state index contributed by atoms with van der Waals surface area (Å²) in [4.78, 5) is 9.47. The van der Waals surface area contributed by atoms with Crippen molar-refractivity contribution in [3.8, 4) is 0 Å². The molecule has 0 saturated heterocycles. The Bertz CT molecular complexity index is 151. The molecule has 0 aliphatic rings. The van der Waals surface area contributed by atoms with Crippen molar-refractivity contribution in [1.82, 2.24) is 0 Å². The molecule has 0 aromatic heterocycles. The van der Waals surface area contributed by atoms with Crippen molar-refractivity contribution in [3.05, 3.63) is 21.9 Å². The second-order valence-electron chi connectivity index (χ2n) is 2.32. The molecule has 0 heterocycles. The molecule has 0 saturated carbocycles. The first-order valence-corrected chi connectivity index (χ1v) is 3.04. The van der Waals surface area contributed by atoms with Crippen molar-refractivity contribution in [2.75, 3.05) is 6.61 Å². The summed E-state index contributed by atoms with van der Waals surface area (Å²) < 4.78 is 0.